The van der Waals surface area contributed by atoms with Crippen molar-refractivity contribution in [1.29, 1.82) is 0 Å². The molecule has 11 heteroatoms. The van der Waals surface area contributed by atoms with E-state index in [1.807, 2.05) is 34.6 Å². The van der Waals surface area contributed by atoms with E-state index in [2.05, 4.69) is 13.8 Å². The molecule has 0 bridgehead atoms. The second kappa shape index (κ2) is 16.0. The Bertz CT molecular complexity index is 1490. The van der Waals surface area contributed by atoms with Crippen LogP contribution in [0.1, 0.15) is 151 Å². The zero-order chi connectivity index (χ0) is 40.0. The van der Waals surface area contributed by atoms with Gasteiger partial charge in [0.25, 0.3) is 0 Å². The SMILES string of the molecule is CC1(C)CC(=O)N(C[C@@H](CC(=O)C[C@H]2CCCCC(F)(F)CCCC[C@@H](C(=O)C(=O)CC3CC3)CC(=O)[C@@H]3[C@@H]4[C@H](CN3C2=O)C4(C)C)C(C)(C)C)C(=O)C1. The van der Waals surface area contributed by atoms with Crippen LogP contribution in [0.25, 0.3) is 0 Å². The van der Waals surface area contributed by atoms with Gasteiger partial charge in [0.1, 0.15) is 5.78 Å². The van der Waals surface area contributed by atoms with Crippen LogP contribution < -0.4 is 0 Å². The molecule has 0 N–H and O–H groups in total. The first-order chi connectivity index (χ1) is 25.0. The second-order valence-corrected chi connectivity index (χ2v) is 20.2. The van der Waals surface area contributed by atoms with Crippen LogP contribution in [-0.4, -0.2) is 75.7 Å². The summed E-state index contributed by atoms with van der Waals surface area (Å²) in [6.45, 7) is 14.2. The first-order valence-corrected chi connectivity index (χ1v) is 20.6. The minimum atomic E-state index is -2.94. The summed E-state index contributed by atoms with van der Waals surface area (Å²) in [5, 5.41) is 0. The predicted octanol–water partition coefficient (Wildman–Crippen LogP) is 7.56. The Labute approximate surface area is 320 Å². The molecule has 5 rings (SSSR count). The van der Waals surface area contributed by atoms with Gasteiger partial charge in [0.05, 0.1) is 6.04 Å². The molecule has 0 aromatic carbocycles. The number of piperidine rings is 2. The van der Waals surface area contributed by atoms with Gasteiger partial charge < -0.3 is 4.90 Å². The third kappa shape index (κ3) is 10.1. The number of likely N-dealkylation sites (tertiary alicyclic amines) is 1. The summed E-state index contributed by atoms with van der Waals surface area (Å²) >= 11 is 0. The van der Waals surface area contributed by atoms with Gasteiger partial charge >= 0.3 is 0 Å². The highest BCUT2D eigenvalue weighted by atomic mass is 19.3. The van der Waals surface area contributed by atoms with E-state index in [0.717, 1.165) is 12.8 Å². The molecular formula is C43H64F2N2O7. The Balaban J connectivity index is 1.36. The van der Waals surface area contributed by atoms with Gasteiger partial charge in [-0.05, 0) is 78.4 Å². The van der Waals surface area contributed by atoms with Crippen molar-refractivity contribution in [1.82, 2.24) is 9.80 Å². The van der Waals surface area contributed by atoms with Gasteiger partial charge in [-0.1, -0.05) is 61.3 Å². The highest BCUT2D eigenvalue weighted by Gasteiger charge is 2.69. The number of imide groups is 1. The number of ketones is 4. The van der Waals surface area contributed by atoms with E-state index in [0.29, 0.717) is 19.4 Å². The van der Waals surface area contributed by atoms with Crippen molar-refractivity contribution in [2.75, 3.05) is 13.1 Å². The Kier molecular flexibility index (Phi) is 12.5. The van der Waals surface area contributed by atoms with E-state index >= 15 is 0 Å². The Hall–Kier alpha value is -2.85. The lowest BCUT2D eigenvalue weighted by atomic mass is 9.75. The molecule has 5 aliphatic rings. The number of hydrogen-bond acceptors (Lipinski definition) is 7. The number of alkyl halides is 2. The summed E-state index contributed by atoms with van der Waals surface area (Å²) in [4.78, 5) is 98.2. The van der Waals surface area contributed by atoms with Crippen LogP contribution in [0.5, 0.6) is 0 Å². The average molecular weight is 759 g/mol. The Morgan fingerprint density at radius 2 is 1.43 bits per heavy atom. The van der Waals surface area contributed by atoms with Crippen LogP contribution in [0.2, 0.25) is 0 Å². The van der Waals surface area contributed by atoms with E-state index in [1.165, 1.54) is 4.90 Å². The number of halogens is 2. The van der Waals surface area contributed by atoms with Crippen molar-refractivity contribution in [2.24, 2.45) is 51.8 Å². The summed E-state index contributed by atoms with van der Waals surface area (Å²) in [6, 6.07) is -0.774. The average Bonchev–Trinajstić information content (AvgIpc) is 3.90. The summed E-state index contributed by atoms with van der Waals surface area (Å²) < 4.78 is 30.0. The van der Waals surface area contributed by atoms with E-state index in [1.54, 1.807) is 4.90 Å². The van der Waals surface area contributed by atoms with Gasteiger partial charge in [0.2, 0.25) is 29.4 Å². The molecule has 3 saturated heterocycles. The number of amides is 3. The molecule has 3 amide bonds. The molecular weight excluding hydrogens is 694 g/mol. The third-order valence-corrected chi connectivity index (χ3v) is 13.6. The van der Waals surface area contributed by atoms with E-state index < -0.39 is 46.2 Å². The summed E-state index contributed by atoms with van der Waals surface area (Å²) in [5.41, 5.74) is -1.07. The number of nitrogens with zero attached hydrogens (tertiary/aromatic N) is 2. The number of fused-ring (bicyclic) bond motifs is 3. The maximum absolute atomic E-state index is 15.0. The quantitative estimate of drug-likeness (QED) is 0.166. The Morgan fingerprint density at radius 3 is 2.00 bits per heavy atom. The Morgan fingerprint density at radius 1 is 0.833 bits per heavy atom. The van der Waals surface area contributed by atoms with Crippen molar-refractivity contribution in [3.05, 3.63) is 0 Å². The van der Waals surface area contributed by atoms with Crippen molar-refractivity contribution < 1.29 is 42.3 Å². The van der Waals surface area contributed by atoms with Crippen molar-refractivity contribution in [3.63, 3.8) is 0 Å². The normalized spacial score (nSPS) is 31.1. The van der Waals surface area contributed by atoms with Gasteiger partial charge in [-0.2, -0.15) is 0 Å². The minimum absolute atomic E-state index is 0.0329. The number of hydrogen-bond donors (Lipinski definition) is 0. The van der Waals surface area contributed by atoms with E-state index in [9.17, 15) is 42.3 Å². The maximum Gasteiger partial charge on any atom is 0.248 e. The lowest BCUT2D eigenvalue weighted by Crippen LogP contribution is -2.50. The summed E-state index contributed by atoms with van der Waals surface area (Å²) in [5.74, 6) is -7.30. The monoisotopic (exact) mass is 758 g/mol. The zero-order valence-electron chi connectivity index (χ0n) is 33.8. The lowest BCUT2D eigenvalue weighted by molar-refractivity contribution is -0.154. The molecule has 302 valence electrons. The van der Waals surface area contributed by atoms with Gasteiger partial charge in [-0.25, -0.2) is 8.78 Å². The minimum Gasteiger partial charge on any atom is -0.332 e. The first kappa shape index (κ1) is 42.3. The number of carbonyl (C=O) groups is 7. The topological polar surface area (TPSA) is 126 Å². The van der Waals surface area contributed by atoms with E-state index in [-0.39, 0.29) is 142 Å². The highest BCUT2D eigenvalue weighted by molar-refractivity contribution is 6.38. The van der Waals surface area contributed by atoms with Crippen LogP contribution in [0.15, 0.2) is 0 Å². The standard InChI is InChI=1S/C43H64F2N2O7/c1-40(2,3)29(24-46-34(51)22-41(4,5)23-35(46)52)21-30(48)19-28-13-9-11-17-43(44,45)16-10-8-12-27(38(53)33(50)18-26-14-15-26)20-32(49)37-36-31(42(36,6)7)25-47(37)39(28)54/h26-29,31,36-37H,8-25H2,1-7H3/t27-,28-,29-,31+,36+,37-/m1/s1. The number of rotatable bonds is 10. The molecule has 2 aliphatic carbocycles. The van der Waals surface area contributed by atoms with Gasteiger partial charge in [0, 0.05) is 76.3 Å². The molecule has 0 unspecified atom stereocenters. The zero-order valence-corrected chi connectivity index (χ0v) is 33.8. The van der Waals surface area contributed by atoms with Crippen LogP contribution in [0.4, 0.5) is 8.78 Å². The molecule has 6 atom stereocenters. The highest BCUT2D eigenvalue weighted by Crippen LogP contribution is 2.65. The molecule has 0 aromatic heterocycles. The maximum atomic E-state index is 15.0. The first-order valence-electron chi connectivity index (χ1n) is 20.6. The second-order valence-electron chi connectivity index (χ2n) is 20.2. The van der Waals surface area contributed by atoms with Crippen molar-refractivity contribution in [3.8, 4) is 0 Å². The number of Topliss-reactive ketones (excluding diaryl/α,β-unsaturated/α-hetero) is 4. The van der Waals surface area contributed by atoms with Crippen LogP contribution in [-0.2, 0) is 33.6 Å². The van der Waals surface area contributed by atoms with E-state index in [4.69, 9.17) is 0 Å². The van der Waals surface area contributed by atoms with Crippen molar-refractivity contribution >= 4 is 40.9 Å². The van der Waals surface area contributed by atoms with Crippen LogP contribution in [0, 0.1) is 51.8 Å². The molecule has 3 aliphatic heterocycles. The summed E-state index contributed by atoms with van der Waals surface area (Å²) in [7, 11) is 0. The van der Waals surface area contributed by atoms with Crippen molar-refractivity contribution in [2.45, 2.75) is 163 Å². The fraction of sp³-hybridized carbons (Fsp3) is 0.837. The molecule has 5 fully saturated rings. The molecule has 0 aromatic rings. The molecule has 0 radical (unpaired) electrons. The smallest absolute Gasteiger partial charge is 0.248 e. The third-order valence-electron chi connectivity index (χ3n) is 13.6. The molecule has 9 nitrogen and oxygen atoms in total. The van der Waals surface area contributed by atoms with Gasteiger partial charge in [-0.15, -0.1) is 0 Å². The predicted molar refractivity (Wildman–Crippen MR) is 199 cm³/mol. The number of carbonyl (C=O) groups excluding carboxylic acids is 7. The van der Waals surface area contributed by atoms with Crippen LogP contribution >= 0.6 is 0 Å². The lowest BCUT2D eigenvalue weighted by Gasteiger charge is -2.39. The van der Waals surface area contributed by atoms with Crippen LogP contribution in [0.3, 0.4) is 0 Å². The van der Waals surface area contributed by atoms with Gasteiger partial charge in [-0.3, -0.25) is 38.5 Å². The fourth-order valence-corrected chi connectivity index (χ4v) is 9.62. The largest absolute Gasteiger partial charge is 0.332 e. The molecule has 2 saturated carbocycles. The fourth-order valence-electron chi connectivity index (χ4n) is 9.62. The summed E-state index contributed by atoms with van der Waals surface area (Å²) in [6.07, 6.45) is 2.75. The molecule has 3 heterocycles. The molecule has 54 heavy (non-hydrogen) atoms. The molecule has 0 spiro atoms. The van der Waals surface area contributed by atoms with Gasteiger partial charge in [0.15, 0.2) is 11.6 Å².